The van der Waals surface area contributed by atoms with Crippen molar-refractivity contribution in [2.75, 3.05) is 20.6 Å². The Labute approximate surface area is 174 Å². The number of nitrogens with one attached hydrogen (secondary N) is 1. The molecule has 0 heterocycles. The summed E-state index contributed by atoms with van der Waals surface area (Å²) in [5.74, 6) is -0.169. The predicted octanol–water partition coefficient (Wildman–Crippen LogP) is 3.19. The van der Waals surface area contributed by atoms with Crippen LogP contribution in [0.5, 0.6) is 0 Å². The van der Waals surface area contributed by atoms with Crippen LogP contribution in [-0.4, -0.2) is 43.4 Å². The van der Waals surface area contributed by atoms with E-state index in [2.05, 4.69) is 29.3 Å². The number of primary amides is 1. The van der Waals surface area contributed by atoms with Crippen LogP contribution >= 0.6 is 0 Å². The molecule has 0 aliphatic rings. The number of rotatable bonds is 9. The van der Waals surface area contributed by atoms with E-state index in [4.69, 9.17) is 5.73 Å². The van der Waals surface area contributed by atoms with Crippen molar-refractivity contribution in [3.05, 3.63) is 70.3 Å². The molecule has 2 rings (SSSR count). The molecule has 2 atom stereocenters. The normalized spacial score (nSPS) is 13.2. The van der Waals surface area contributed by atoms with Crippen molar-refractivity contribution in [2.45, 2.75) is 45.6 Å². The SMILES string of the molecule is Cc1cc(C(N)=O)cc(C)c1C[C@@H](CNC(=O)C[C@@H](C)c1ccccc1)N(C)C. The molecule has 0 unspecified atom stereocenters. The molecule has 0 bridgehead atoms. The molecule has 0 fully saturated rings. The second-order valence-electron chi connectivity index (χ2n) is 8.09. The number of likely N-dealkylation sites (N-methyl/N-ethyl adjacent to an activating group) is 1. The molecule has 2 aromatic rings. The van der Waals surface area contributed by atoms with Crippen LogP contribution < -0.4 is 11.1 Å². The zero-order valence-electron chi connectivity index (χ0n) is 18.2. The van der Waals surface area contributed by atoms with E-state index in [1.54, 1.807) is 0 Å². The van der Waals surface area contributed by atoms with Gasteiger partial charge in [0.25, 0.3) is 0 Å². The molecular weight excluding hydrogens is 362 g/mol. The highest BCUT2D eigenvalue weighted by Gasteiger charge is 2.18. The number of carbonyl (C=O) groups is 2. The standard InChI is InChI=1S/C24H33N3O2/c1-16(19-9-7-6-8-10-19)13-23(28)26-15-21(27(4)5)14-22-17(2)11-20(24(25)29)12-18(22)3/h6-12,16,21H,13-15H2,1-5H3,(H2,25,29)(H,26,28)/t16-,21+/m1/s1. The van der Waals surface area contributed by atoms with Crippen LogP contribution in [0.4, 0.5) is 0 Å². The lowest BCUT2D eigenvalue weighted by Gasteiger charge is -2.26. The Morgan fingerprint density at radius 1 is 1.07 bits per heavy atom. The highest BCUT2D eigenvalue weighted by molar-refractivity contribution is 5.93. The number of hydrogen-bond acceptors (Lipinski definition) is 3. The van der Waals surface area contributed by atoms with Gasteiger partial charge >= 0.3 is 0 Å². The first-order valence-corrected chi connectivity index (χ1v) is 10.1. The average molecular weight is 396 g/mol. The fourth-order valence-corrected chi connectivity index (χ4v) is 3.61. The van der Waals surface area contributed by atoms with Crippen LogP contribution in [0, 0.1) is 13.8 Å². The maximum Gasteiger partial charge on any atom is 0.248 e. The summed E-state index contributed by atoms with van der Waals surface area (Å²) < 4.78 is 0. The van der Waals surface area contributed by atoms with Gasteiger partial charge in [-0.15, -0.1) is 0 Å². The summed E-state index contributed by atoms with van der Waals surface area (Å²) in [5, 5.41) is 3.10. The molecule has 0 saturated heterocycles. The minimum absolute atomic E-state index is 0.0609. The Kier molecular flexibility index (Phi) is 7.97. The number of nitrogens with two attached hydrogens (primary N) is 1. The minimum Gasteiger partial charge on any atom is -0.366 e. The quantitative estimate of drug-likeness (QED) is 0.685. The molecule has 156 valence electrons. The number of carbonyl (C=O) groups excluding carboxylic acids is 2. The van der Waals surface area contributed by atoms with Crippen LogP contribution in [0.3, 0.4) is 0 Å². The second-order valence-corrected chi connectivity index (χ2v) is 8.09. The van der Waals surface area contributed by atoms with Gasteiger partial charge in [0.1, 0.15) is 0 Å². The van der Waals surface area contributed by atoms with Crippen LogP contribution in [0.2, 0.25) is 0 Å². The Morgan fingerprint density at radius 3 is 2.17 bits per heavy atom. The predicted molar refractivity (Wildman–Crippen MR) is 118 cm³/mol. The summed E-state index contributed by atoms with van der Waals surface area (Å²) in [7, 11) is 4.04. The first-order chi connectivity index (χ1) is 13.7. The van der Waals surface area contributed by atoms with Gasteiger partial charge in [-0.3, -0.25) is 9.59 Å². The van der Waals surface area contributed by atoms with E-state index in [0.29, 0.717) is 18.5 Å². The Bertz CT molecular complexity index is 823. The zero-order valence-corrected chi connectivity index (χ0v) is 18.2. The number of benzene rings is 2. The van der Waals surface area contributed by atoms with Crippen molar-refractivity contribution < 1.29 is 9.59 Å². The molecule has 5 nitrogen and oxygen atoms in total. The second kappa shape index (κ2) is 10.2. The van der Waals surface area contributed by atoms with Gasteiger partial charge in [0.15, 0.2) is 0 Å². The van der Waals surface area contributed by atoms with Gasteiger partial charge in [-0.2, -0.15) is 0 Å². The van der Waals surface area contributed by atoms with Crippen LogP contribution in [0.25, 0.3) is 0 Å². The highest BCUT2D eigenvalue weighted by atomic mass is 16.1. The molecule has 29 heavy (non-hydrogen) atoms. The van der Waals surface area contributed by atoms with Gasteiger partial charge < -0.3 is 16.0 Å². The fourth-order valence-electron chi connectivity index (χ4n) is 3.61. The van der Waals surface area contributed by atoms with E-state index in [-0.39, 0.29) is 17.9 Å². The first-order valence-electron chi connectivity index (χ1n) is 10.1. The van der Waals surface area contributed by atoms with Crippen molar-refractivity contribution in [1.29, 1.82) is 0 Å². The third-order valence-corrected chi connectivity index (χ3v) is 5.55. The maximum absolute atomic E-state index is 12.5. The molecule has 0 radical (unpaired) electrons. The summed E-state index contributed by atoms with van der Waals surface area (Å²) in [6, 6.07) is 13.9. The molecule has 0 aliphatic heterocycles. The first kappa shape index (κ1) is 22.6. The summed E-state index contributed by atoms with van der Waals surface area (Å²) in [5.41, 5.74) is 10.4. The summed E-state index contributed by atoms with van der Waals surface area (Å²) in [4.78, 5) is 26.1. The highest BCUT2D eigenvalue weighted by Crippen LogP contribution is 2.20. The number of hydrogen-bond donors (Lipinski definition) is 2. The summed E-state index contributed by atoms with van der Waals surface area (Å²) in [6.45, 7) is 6.65. The Hall–Kier alpha value is -2.66. The van der Waals surface area contributed by atoms with Crippen molar-refractivity contribution in [1.82, 2.24) is 10.2 Å². The summed E-state index contributed by atoms with van der Waals surface area (Å²) in [6.07, 6.45) is 1.26. The van der Waals surface area contributed by atoms with E-state index in [1.165, 1.54) is 11.1 Å². The molecule has 0 aliphatic carbocycles. The van der Waals surface area contributed by atoms with Crippen LogP contribution in [0.1, 0.15) is 51.9 Å². The van der Waals surface area contributed by atoms with Gasteiger partial charge in [0, 0.05) is 24.6 Å². The van der Waals surface area contributed by atoms with E-state index in [9.17, 15) is 9.59 Å². The molecule has 3 N–H and O–H groups in total. The van der Waals surface area contributed by atoms with Crippen LogP contribution in [0.15, 0.2) is 42.5 Å². The zero-order chi connectivity index (χ0) is 21.6. The topological polar surface area (TPSA) is 75.4 Å². The van der Waals surface area contributed by atoms with Gasteiger partial charge in [-0.25, -0.2) is 0 Å². The molecule has 0 spiro atoms. The molecule has 0 aromatic heterocycles. The van der Waals surface area contributed by atoms with E-state index in [1.807, 2.05) is 58.3 Å². The van der Waals surface area contributed by atoms with Gasteiger partial charge in [0.2, 0.25) is 11.8 Å². The molecule has 2 amide bonds. The smallest absolute Gasteiger partial charge is 0.248 e. The molecule has 5 heteroatoms. The lowest BCUT2D eigenvalue weighted by atomic mass is 9.93. The van der Waals surface area contributed by atoms with Gasteiger partial charge in [0.05, 0.1) is 0 Å². The molecule has 0 saturated carbocycles. The lowest BCUT2D eigenvalue weighted by Crippen LogP contribution is -2.42. The monoisotopic (exact) mass is 395 g/mol. The maximum atomic E-state index is 12.5. The third kappa shape index (κ3) is 6.43. The summed E-state index contributed by atoms with van der Waals surface area (Å²) >= 11 is 0. The van der Waals surface area contributed by atoms with Crippen molar-refractivity contribution >= 4 is 11.8 Å². The number of amides is 2. The molecular formula is C24H33N3O2. The van der Waals surface area contributed by atoms with Gasteiger partial charge in [-0.1, -0.05) is 37.3 Å². The minimum atomic E-state index is -0.410. The number of aryl methyl sites for hydroxylation is 2. The number of nitrogens with zero attached hydrogens (tertiary/aromatic N) is 1. The molecule has 2 aromatic carbocycles. The fraction of sp³-hybridized carbons (Fsp3) is 0.417. The van der Waals surface area contributed by atoms with Crippen molar-refractivity contribution in [2.24, 2.45) is 5.73 Å². The average Bonchev–Trinajstić information content (AvgIpc) is 2.66. The lowest BCUT2D eigenvalue weighted by molar-refractivity contribution is -0.121. The van der Waals surface area contributed by atoms with Gasteiger partial charge in [-0.05, 0) is 74.7 Å². The van der Waals surface area contributed by atoms with E-state index < -0.39 is 5.91 Å². The largest absolute Gasteiger partial charge is 0.366 e. The van der Waals surface area contributed by atoms with E-state index >= 15 is 0 Å². The van der Waals surface area contributed by atoms with Crippen molar-refractivity contribution in [3.63, 3.8) is 0 Å². The van der Waals surface area contributed by atoms with E-state index in [0.717, 1.165) is 17.5 Å². The Morgan fingerprint density at radius 2 is 1.66 bits per heavy atom. The third-order valence-electron chi connectivity index (χ3n) is 5.55. The van der Waals surface area contributed by atoms with Crippen molar-refractivity contribution in [3.8, 4) is 0 Å². The van der Waals surface area contributed by atoms with Crippen LogP contribution in [-0.2, 0) is 11.2 Å². The Balaban J connectivity index is 2.00.